The van der Waals surface area contributed by atoms with Gasteiger partial charge in [-0.05, 0) is 48.9 Å². The summed E-state index contributed by atoms with van der Waals surface area (Å²) in [6.45, 7) is 4.68. The van der Waals surface area contributed by atoms with E-state index in [4.69, 9.17) is 4.74 Å². The van der Waals surface area contributed by atoms with Gasteiger partial charge in [-0.25, -0.2) is 0 Å². The first-order valence-corrected chi connectivity index (χ1v) is 8.10. The lowest BCUT2D eigenvalue weighted by Crippen LogP contribution is -2.14. The molecule has 21 heavy (non-hydrogen) atoms. The van der Waals surface area contributed by atoms with Crippen LogP contribution in [0.15, 0.2) is 47.1 Å². The van der Waals surface area contributed by atoms with Gasteiger partial charge >= 0.3 is 0 Å². The summed E-state index contributed by atoms with van der Waals surface area (Å²) in [6.07, 6.45) is 3.77. The first-order valence-electron chi connectivity index (χ1n) is 7.31. The number of hydrogen-bond donors (Lipinski definition) is 1. The molecular weight excluding hydrogens is 328 g/mol. The molecule has 0 atom stereocenters. The summed E-state index contributed by atoms with van der Waals surface area (Å²) in [7, 11) is 0. The Hall–Kier alpha value is -1.39. The van der Waals surface area contributed by atoms with Crippen molar-refractivity contribution >= 4 is 15.9 Å². The van der Waals surface area contributed by atoms with E-state index in [1.807, 2.05) is 36.5 Å². The molecule has 0 radical (unpaired) electrons. The van der Waals surface area contributed by atoms with Crippen molar-refractivity contribution in [3.8, 4) is 5.75 Å². The Balaban J connectivity index is 1.86. The molecule has 0 bridgehead atoms. The lowest BCUT2D eigenvalue weighted by molar-refractivity contribution is 0.320. The lowest BCUT2D eigenvalue weighted by Gasteiger charge is -2.10. The third-order valence-electron chi connectivity index (χ3n) is 3.11. The minimum absolute atomic E-state index is 0.639. The first-order chi connectivity index (χ1) is 10.3. The van der Waals surface area contributed by atoms with Crippen molar-refractivity contribution in [3.05, 3.63) is 58.3 Å². The molecule has 0 saturated heterocycles. The van der Waals surface area contributed by atoms with Crippen molar-refractivity contribution in [2.45, 2.75) is 26.3 Å². The van der Waals surface area contributed by atoms with E-state index in [1.165, 1.54) is 5.56 Å². The highest BCUT2D eigenvalue weighted by Gasteiger charge is 2.03. The van der Waals surface area contributed by atoms with Crippen LogP contribution in [0.1, 0.15) is 24.6 Å². The summed E-state index contributed by atoms with van der Waals surface area (Å²) in [4.78, 5) is 4.29. The molecule has 112 valence electrons. The standard InChI is InChI=1S/C17H21BrN2O/c1-2-9-19-13-14-12-16(6-7-17(14)18)21-11-8-15-5-3-4-10-20-15/h3-7,10,12,19H,2,8-9,11,13H2,1H3. The van der Waals surface area contributed by atoms with E-state index in [-0.39, 0.29) is 0 Å². The number of pyridine rings is 1. The summed E-state index contributed by atoms with van der Waals surface area (Å²) >= 11 is 3.58. The van der Waals surface area contributed by atoms with Crippen LogP contribution in [0.2, 0.25) is 0 Å². The number of aromatic nitrogens is 1. The fourth-order valence-corrected chi connectivity index (χ4v) is 2.38. The van der Waals surface area contributed by atoms with Crippen molar-refractivity contribution < 1.29 is 4.74 Å². The van der Waals surface area contributed by atoms with Crippen molar-refractivity contribution in [3.63, 3.8) is 0 Å². The third kappa shape index (κ3) is 5.48. The number of nitrogens with zero attached hydrogens (tertiary/aromatic N) is 1. The molecule has 1 N–H and O–H groups in total. The van der Waals surface area contributed by atoms with Gasteiger partial charge in [0.2, 0.25) is 0 Å². The average Bonchev–Trinajstić information content (AvgIpc) is 2.51. The van der Waals surface area contributed by atoms with E-state index in [0.717, 1.165) is 41.8 Å². The Morgan fingerprint density at radius 3 is 2.90 bits per heavy atom. The van der Waals surface area contributed by atoms with E-state index < -0.39 is 0 Å². The monoisotopic (exact) mass is 348 g/mol. The van der Waals surface area contributed by atoms with E-state index in [1.54, 1.807) is 0 Å². The smallest absolute Gasteiger partial charge is 0.119 e. The van der Waals surface area contributed by atoms with Crippen LogP contribution in [0, 0.1) is 0 Å². The molecule has 0 aliphatic heterocycles. The zero-order valence-corrected chi connectivity index (χ0v) is 13.9. The molecule has 1 heterocycles. The van der Waals surface area contributed by atoms with Crippen molar-refractivity contribution in [2.75, 3.05) is 13.2 Å². The molecule has 2 aromatic rings. The number of halogens is 1. The second kappa shape index (κ2) is 8.80. The maximum Gasteiger partial charge on any atom is 0.119 e. The van der Waals surface area contributed by atoms with Crippen LogP contribution in [0.3, 0.4) is 0 Å². The Bertz CT molecular complexity index is 546. The van der Waals surface area contributed by atoms with E-state index >= 15 is 0 Å². The third-order valence-corrected chi connectivity index (χ3v) is 3.89. The predicted molar refractivity (Wildman–Crippen MR) is 89.6 cm³/mol. The number of hydrogen-bond acceptors (Lipinski definition) is 3. The van der Waals surface area contributed by atoms with Gasteiger partial charge in [-0.3, -0.25) is 4.98 Å². The maximum atomic E-state index is 5.82. The van der Waals surface area contributed by atoms with Gasteiger partial charge in [0.05, 0.1) is 6.61 Å². The van der Waals surface area contributed by atoms with Gasteiger partial charge < -0.3 is 10.1 Å². The Labute approximate surface area is 134 Å². The molecule has 0 amide bonds. The van der Waals surface area contributed by atoms with Crippen LogP contribution in [0.5, 0.6) is 5.75 Å². The first kappa shape index (κ1) is 16.0. The topological polar surface area (TPSA) is 34.1 Å². The van der Waals surface area contributed by atoms with Gasteiger partial charge in [-0.2, -0.15) is 0 Å². The van der Waals surface area contributed by atoms with Crippen LogP contribution in [0.4, 0.5) is 0 Å². The van der Waals surface area contributed by atoms with Gasteiger partial charge in [0, 0.05) is 29.3 Å². The van der Waals surface area contributed by atoms with Gasteiger partial charge in [0.1, 0.15) is 5.75 Å². The molecule has 0 aliphatic rings. The van der Waals surface area contributed by atoms with E-state index in [9.17, 15) is 0 Å². The predicted octanol–water partition coefficient (Wildman–Crippen LogP) is 3.97. The second-order valence-corrected chi connectivity index (χ2v) is 5.70. The SMILES string of the molecule is CCCNCc1cc(OCCc2ccccn2)ccc1Br. The van der Waals surface area contributed by atoms with Crippen molar-refractivity contribution in [1.82, 2.24) is 10.3 Å². The van der Waals surface area contributed by atoms with E-state index in [2.05, 4.69) is 39.2 Å². The zero-order chi connectivity index (χ0) is 14.9. The van der Waals surface area contributed by atoms with Crippen LogP contribution in [0.25, 0.3) is 0 Å². The molecule has 1 aromatic heterocycles. The summed E-state index contributed by atoms with van der Waals surface area (Å²) in [5, 5.41) is 3.41. The summed E-state index contributed by atoms with van der Waals surface area (Å²) in [5.41, 5.74) is 2.28. The molecule has 0 saturated carbocycles. The average molecular weight is 349 g/mol. The molecule has 0 fully saturated rings. The Morgan fingerprint density at radius 2 is 2.14 bits per heavy atom. The second-order valence-electron chi connectivity index (χ2n) is 4.85. The molecular formula is C17H21BrN2O. The Kier molecular flexibility index (Phi) is 6.70. The highest BCUT2D eigenvalue weighted by Crippen LogP contribution is 2.22. The van der Waals surface area contributed by atoms with Gasteiger partial charge in [0.25, 0.3) is 0 Å². The van der Waals surface area contributed by atoms with Crippen LogP contribution >= 0.6 is 15.9 Å². The van der Waals surface area contributed by atoms with E-state index in [0.29, 0.717) is 6.61 Å². The van der Waals surface area contributed by atoms with Gasteiger partial charge in [-0.1, -0.05) is 28.9 Å². The molecule has 0 unspecified atom stereocenters. The Morgan fingerprint density at radius 1 is 1.24 bits per heavy atom. The quantitative estimate of drug-likeness (QED) is 0.733. The van der Waals surface area contributed by atoms with Crippen LogP contribution in [-0.2, 0) is 13.0 Å². The fraction of sp³-hybridized carbons (Fsp3) is 0.353. The molecule has 0 spiro atoms. The highest BCUT2D eigenvalue weighted by molar-refractivity contribution is 9.10. The van der Waals surface area contributed by atoms with Crippen LogP contribution < -0.4 is 10.1 Å². The number of ether oxygens (including phenoxy) is 1. The van der Waals surface area contributed by atoms with Gasteiger partial charge in [0.15, 0.2) is 0 Å². The summed E-state index contributed by atoms with van der Waals surface area (Å²) < 4.78 is 6.94. The molecule has 2 rings (SSSR count). The highest BCUT2D eigenvalue weighted by atomic mass is 79.9. The van der Waals surface area contributed by atoms with Crippen molar-refractivity contribution in [1.29, 1.82) is 0 Å². The molecule has 1 aromatic carbocycles. The lowest BCUT2D eigenvalue weighted by atomic mass is 10.2. The summed E-state index contributed by atoms with van der Waals surface area (Å²) in [5.74, 6) is 0.905. The molecule has 3 nitrogen and oxygen atoms in total. The number of rotatable bonds is 8. The van der Waals surface area contributed by atoms with Crippen LogP contribution in [-0.4, -0.2) is 18.1 Å². The summed E-state index contributed by atoms with van der Waals surface area (Å²) in [6, 6.07) is 12.1. The minimum atomic E-state index is 0.639. The zero-order valence-electron chi connectivity index (χ0n) is 12.3. The minimum Gasteiger partial charge on any atom is -0.493 e. The van der Waals surface area contributed by atoms with Crippen molar-refractivity contribution in [2.24, 2.45) is 0 Å². The molecule has 0 aliphatic carbocycles. The number of nitrogens with one attached hydrogen (secondary N) is 1. The normalized spacial score (nSPS) is 10.6. The van der Waals surface area contributed by atoms with Gasteiger partial charge in [-0.15, -0.1) is 0 Å². The largest absolute Gasteiger partial charge is 0.493 e. The fourth-order valence-electron chi connectivity index (χ4n) is 2.00. The number of benzene rings is 1. The maximum absolute atomic E-state index is 5.82. The molecule has 4 heteroatoms.